The lowest BCUT2D eigenvalue weighted by Gasteiger charge is -2.29. The number of aryl methyl sites for hydroxylation is 1. The average Bonchev–Trinajstić information content (AvgIpc) is 2.71. The summed E-state index contributed by atoms with van der Waals surface area (Å²) in [5.41, 5.74) is 2.38. The van der Waals surface area contributed by atoms with E-state index < -0.39 is 5.82 Å². The van der Waals surface area contributed by atoms with Crippen LogP contribution in [0, 0.1) is 12.7 Å². The fraction of sp³-hybridized carbons (Fsp3) is 0.364. The topological polar surface area (TPSA) is 52.7 Å². The van der Waals surface area contributed by atoms with Gasteiger partial charge < -0.3 is 15.1 Å². The van der Waals surface area contributed by atoms with Crippen molar-refractivity contribution in [3.05, 3.63) is 71.0 Å². The summed E-state index contributed by atoms with van der Waals surface area (Å²) in [4.78, 5) is 29.0. The maximum atomic E-state index is 13.6. The quantitative estimate of drug-likeness (QED) is 0.834. The van der Waals surface area contributed by atoms with Gasteiger partial charge in [-0.05, 0) is 30.7 Å². The number of piperazine rings is 1. The maximum absolute atomic E-state index is 13.6. The Labute approximate surface area is 165 Å². The Balaban J connectivity index is 1.73. The third kappa shape index (κ3) is 5.39. The number of nitrogens with one attached hydrogen (secondary N) is 1. The highest BCUT2D eigenvalue weighted by atomic mass is 19.1. The second-order valence-electron chi connectivity index (χ2n) is 7.11. The van der Waals surface area contributed by atoms with Gasteiger partial charge in [0.2, 0.25) is 5.91 Å². The number of rotatable bonds is 6. The van der Waals surface area contributed by atoms with Gasteiger partial charge in [0.15, 0.2) is 0 Å². The molecule has 1 aliphatic rings. The van der Waals surface area contributed by atoms with E-state index in [4.69, 9.17) is 0 Å². The Bertz CT molecular complexity index is 834. The van der Waals surface area contributed by atoms with Crippen LogP contribution >= 0.6 is 0 Å². The monoisotopic (exact) mass is 383 g/mol. The Morgan fingerprint density at radius 3 is 2.57 bits per heavy atom. The van der Waals surface area contributed by atoms with E-state index >= 15 is 0 Å². The molecule has 0 radical (unpaired) electrons. The Hall–Kier alpha value is -2.73. The predicted molar refractivity (Wildman–Crippen MR) is 106 cm³/mol. The van der Waals surface area contributed by atoms with Gasteiger partial charge in [0, 0.05) is 51.3 Å². The second kappa shape index (κ2) is 9.46. The fourth-order valence-electron chi connectivity index (χ4n) is 3.39. The summed E-state index contributed by atoms with van der Waals surface area (Å²) < 4.78 is 13.6. The van der Waals surface area contributed by atoms with E-state index in [0.717, 1.165) is 24.2 Å². The van der Waals surface area contributed by atoms with Crippen molar-refractivity contribution in [2.24, 2.45) is 0 Å². The fourth-order valence-corrected chi connectivity index (χ4v) is 3.39. The molecule has 28 heavy (non-hydrogen) atoms. The van der Waals surface area contributed by atoms with Crippen LogP contribution in [0.4, 0.5) is 4.39 Å². The van der Waals surface area contributed by atoms with E-state index in [-0.39, 0.29) is 18.2 Å². The molecule has 0 atom stereocenters. The number of carbonyl (C=O) groups excluding carboxylic acids is 2. The molecule has 2 aromatic carbocycles. The van der Waals surface area contributed by atoms with Gasteiger partial charge in [0.1, 0.15) is 5.82 Å². The molecule has 148 valence electrons. The molecule has 1 saturated heterocycles. The van der Waals surface area contributed by atoms with Gasteiger partial charge in [-0.15, -0.1) is 0 Å². The third-order valence-electron chi connectivity index (χ3n) is 4.88. The zero-order chi connectivity index (χ0) is 19.9. The van der Waals surface area contributed by atoms with Crippen molar-refractivity contribution in [2.45, 2.75) is 19.9 Å². The summed E-state index contributed by atoms with van der Waals surface area (Å²) in [6, 6.07) is 13.6. The van der Waals surface area contributed by atoms with E-state index in [1.807, 2.05) is 36.1 Å². The van der Waals surface area contributed by atoms with Crippen LogP contribution in [0.3, 0.4) is 0 Å². The van der Waals surface area contributed by atoms with Crippen LogP contribution in [0.2, 0.25) is 0 Å². The van der Waals surface area contributed by atoms with Crippen molar-refractivity contribution in [1.82, 2.24) is 15.1 Å². The third-order valence-corrected chi connectivity index (χ3v) is 4.88. The molecule has 5 nitrogen and oxygen atoms in total. The molecular weight excluding hydrogens is 357 g/mol. The van der Waals surface area contributed by atoms with Gasteiger partial charge in [-0.25, -0.2) is 4.39 Å². The normalized spacial score (nSPS) is 14.0. The van der Waals surface area contributed by atoms with Gasteiger partial charge >= 0.3 is 0 Å². The zero-order valence-electron chi connectivity index (χ0n) is 16.2. The lowest BCUT2D eigenvalue weighted by Crippen LogP contribution is -2.47. The van der Waals surface area contributed by atoms with Crippen LogP contribution in [0.1, 0.15) is 27.9 Å². The summed E-state index contributed by atoms with van der Waals surface area (Å²) in [7, 11) is 0. The van der Waals surface area contributed by atoms with Crippen molar-refractivity contribution in [2.75, 3.05) is 32.7 Å². The summed E-state index contributed by atoms with van der Waals surface area (Å²) in [6.45, 7) is 5.64. The molecular formula is C22H26FN3O2. The zero-order valence-corrected chi connectivity index (χ0v) is 16.2. The molecule has 2 amide bonds. The van der Waals surface area contributed by atoms with E-state index in [2.05, 4.69) is 5.32 Å². The van der Waals surface area contributed by atoms with Crippen LogP contribution < -0.4 is 5.32 Å². The van der Waals surface area contributed by atoms with Crippen molar-refractivity contribution in [3.63, 3.8) is 0 Å². The van der Waals surface area contributed by atoms with Crippen LogP contribution in [0.25, 0.3) is 0 Å². The van der Waals surface area contributed by atoms with Crippen molar-refractivity contribution >= 4 is 11.8 Å². The number of carbonyl (C=O) groups is 2. The van der Waals surface area contributed by atoms with E-state index in [1.54, 1.807) is 11.0 Å². The van der Waals surface area contributed by atoms with Crippen LogP contribution in [0.15, 0.2) is 48.5 Å². The molecule has 2 aromatic rings. The largest absolute Gasteiger partial charge is 0.340 e. The molecule has 1 fully saturated rings. The molecule has 0 bridgehead atoms. The number of amides is 2. The van der Waals surface area contributed by atoms with E-state index in [9.17, 15) is 14.0 Å². The highest BCUT2D eigenvalue weighted by Crippen LogP contribution is 2.14. The molecule has 1 N–H and O–H groups in total. The molecule has 1 aliphatic heterocycles. The summed E-state index contributed by atoms with van der Waals surface area (Å²) in [5.74, 6) is -0.671. The minimum absolute atomic E-state index is 0.0442. The first-order valence-corrected chi connectivity index (χ1v) is 9.62. The molecule has 6 heteroatoms. The van der Waals surface area contributed by atoms with Crippen LogP contribution in [0.5, 0.6) is 0 Å². The summed E-state index contributed by atoms with van der Waals surface area (Å²) >= 11 is 0. The van der Waals surface area contributed by atoms with E-state index in [0.29, 0.717) is 31.7 Å². The van der Waals surface area contributed by atoms with Crippen molar-refractivity contribution in [1.29, 1.82) is 0 Å². The highest BCUT2D eigenvalue weighted by Gasteiger charge is 2.21. The number of hydrogen-bond acceptors (Lipinski definition) is 3. The minimum atomic E-state index is -0.446. The average molecular weight is 383 g/mol. The first-order valence-electron chi connectivity index (χ1n) is 9.62. The Morgan fingerprint density at radius 2 is 1.86 bits per heavy atom. The maximum Gasteiger partial charge on any atom is 0.254 e. The molecule has 0 aromatic heterocycles. The molecule has 0 spiro atoms. The second-order valence-corrected chi connectivity index (χ2v) is 7.11. The molecule has 0 unspecified atom stereocenters. The first kappa shape index (κ1) is 20.0. The van der Waals surface area contributed by atoms with Gasteiger partial charge in [0.05, 0.1) is 0 Å². The van der Waals surface area contributed by atoms with Gasteiger partial charge in [0.25, 0.3) is 5.91 Å². The Kier molecular flexibility index (Phi) is 6.76. The van der Waals surface area contributed by atoms with Gasteiger partial charge in [-0.3, -0.25) is 9.59 Å². The first-order chi connectivity index (χ1) is 13.5. The lowest BCUT2D eigenvalue weighted by molar-refractivity contribution is -0.132. The SMILES string of the molecule is Cc1cccc(CN(CCC(=O)N2CCNCC2)C(=O)c2cccc(F)c2)c1. The van der Waals surface area contributed by atoms with E-state index in [1.165, 1.54) is 18.2 Å². The van der Waals surface area contributed by atoms with Crippen LogP contribution in [-0.4, -0.2) is 54.3 Å². The molecule has 1 heterocycles. The smallest absolute Gasteiger partial charge is 0.254 e. The summed E-state index contributed by atoms with van der Waals surface area (Å²) in [6.07, 6.45) is 0.257. The standard InChI is InChI=1S/C22H26FN3O2/c1-17-4-2-5-18(14-17)16-26(22(28)19-6-3-7-20(23)15-19)11-8-21(27)25-12-9-24-10-13-25/h2-7,14-15,24H,8-13,16H2,1H3. The van der Waals surface area contributed by atoms with Gasteiger partial charge in [-0.1, -0.05) is 35.9 Å². The summed E-state index contributed by atoms with van der Waals surface area (Å²) in [5, 5.41) is 3.22. The highest BCUT2D eigenvalue weighted by molar-refractivity contribution is 5.94. The van der Waals surface area contributed by atoms with Crippen molar-refractivity contribution in [3.8, 4) is 0 Å². The minimum Gasteiger partial charge on any atom is -0.340 e. The van der Waals surface area contributed by atoms with Gasteiger partial charge in [-0.2, -0.15) is 0 Å². The lowest BCUT2D eigenvalue weighted by atomic mass is 10.1. The number of halogens is 1. The number of hydrogen-bond donors (Lipinski definition) is 1. The molecule has 3 rings (SSSR count). The predicted octanol–water partition coefficient (Wildman–Crippen LogP) is 2.60. The number of benzene rings is 2. The van der Waals surface area contributed by atoms with Crippen molar-refractivity contribution < 1.29 is 14.0 Å². The number of nitrogens with zero attached hydrogens (tertiary/aromatic N) is 2. The molecule has 0 saturated carbocycles. The molecule has 0 aliphatic carbocycles. The van der Waals surface area contributed by atoms with Crippen LogP contribution in [-0.2, 0) is 11.3 Å². The Morgan fingerprint density at radius 1 is 1.11 bits per heavy atom.